The van der Waals surface area contributed by atoms with Crippen LogP contribution in [-0.4, -0.2) is 65.9 Å². The smallest absolute Gasteiger partial charge is 0.325 e. The van der Waals surface area contributed by atoms with E-state index in [1.165, 1.54) is 0 Å². The summed E-state index contributed by atoms with van der Waals surface area (Å²) in [5.74, 6) is -0.277. The van der Waals surface area contributed by atoms with Crippen LogP contribution in [-0.2, 0) is 9.59 Å². The zero-order valence-corrected chi connectivity index (χ0v) is 16.0. The second-order valence-corrected chi connectivity index (χ2v) is 8.08. The quantitative estimate of drug-likeness (QED) is 0.794. The summed E-state index contributed by atoms with van der Waals surface area (Å²) in [5, 5.41) is 3.46. The summed E-state index contributed by atoms with van der Waals surface area (Å²) in [6.07, 6.45) is 1.88. The Morgan fingerprint density at radius 1 is 1.22 bits per heavy atom. The van der Waals surface area contributed by atoms with Gasteiger partial charge in [-0.15, -0.1) is 0 Å². The van der Waals surface area contributed by atoms with Gasteiger partial charge in [0, 0.05) is 36.9 Å². The summed E-state index contributed by atoms with van der Waals surface area (Å²) in [7, 11) is 0. The maximum Gasteiger partial charge on any atom is 0.325 e. The molecule has 1 aliphatic carbocycles. The normalized spacial score (nSPS) is 25.8. The maximum atomic E-state index is 12.7. The minimum absolute atomic E-state index is 0.190. The predicted octanol–water partition coefficient (Wildman–Crippen LogP) is 1.71. The van der Waals surface area contributed by atoms with Gasteiger partial charge in [0.25, 0.3) is 5.91 Å². The molecule has 1 aromatic rings. The Labute approximate surface area is 163 Å². The van der Waals surface area contributed by atoms with Crippen molar-refractivity contribution in [3.05, 3.63) is 29.3 Å². The van der Waals surface area contributed by atoms with Crippen molar-refractivity contribution < 1.29 is 14.4 Å². The Balaban J connectivity index is 1.35. The highest BCUT2D eigenvalue weighted by atomic mass is 35.5. The van der Waals surface area contributed by atoms with Crippen molar-refractivity contribution in [1.82, 2.24) is 15.1 Å². The summed E-state index contributed by atoms with van der Waals surface area (Å²) in [6.45, 7) is 4.05. The van der Waals surface area contributed by atoms with E-state index in [2.05, 4.69) is 10.2 Å². The number of halogens is 1. The molecule has 1 saturated carbocycles. The van der Waals surface area contributed by atoms with Gasteiger partial charge < -0.3 is 15.1 Å². The van der Waals surface area contributed by atoms with Crippen molar-refractivity contribution in [2.45, 2.75) is 25.3 Å². The van der Waals surface area contributed by atoms with Crippen LogP contribution in [0.25, 0.3) is 0 Å². The lowest BCUT2D eigenvalue weighted by Crippen LogP contribution is -2.52. The third kappa shape index (κ3) is 3.36. The SMILES string of the molecule is C[C@@]1(C2CC2)NC(=O)N(CC(=O)N2CCN(c3cccc(Cl)c3)CC2)C1=O. The molecule has 3 aliphatic rings. The summed E-state index contributed by atoms with van der Waals surface area (Å²) in [5.41, 5.74) is 0.187. The molecule has 1 aromatic carbocycles. The highest BCUT2D eigenvalue weighted by Crippen LogP contribution is 2.42. The molecule has 0 radical (unpaired) electrons. The maximum absolute atomic E-state index is 12.7. The summed E-state index contributed by atoms with van der Waals surface area (Å²) in [4.78, 5) is 42.5. The number of urea groups is 1. The number of imide groups is 1. The number of nitrogens with one attached hydrogen (secondary N) is 1. The fourth-order valence-corrected chi connectivity index (χ4v) is 4.10. The molecule has 4 amide bonds. The average molecular weight is 391 g/mol. The second kappa shape index (κ2) is 6.71. The van der Waals surface area contributed by atoms with Gasteiger partial charge in [-0.05, 0) is 43.9 Å². The van der Waals surface area contributed by atoms with Gasteiger partial charge in [0.15, 0.2) is 0 Å². The predicted molar refractivity (Wildman–Crippen MR) is 102 cm³/mol. The molecule has 2 aliphatic heterocycles. The van der Waals surface area contributed by atoms with Crippen LogP contribution in [0.15, 0.2) is 24.3 Å². The zero-order valence-electron chi connectivity index (χ0n) is 15.3. The molecule has 8 heteroatoms. The standard InChI is InChI=1S/C19H23ClN4O3/c1-19(13-5-6-13)17(26)24(18(27)21-19)12-16(25)23-9-7-22(8-10-23)15-4-2-3-14(20)11-15/h2-4,11,13H,5-10,12H2,1H3,(H,21,27)/t19-/m0/s1. The first kappa shape index (κ1) is 18.1. The van der Waals surface area contributed by atoms with Gasteiger partial charge in [-0.3, -0.25) is 14.5 Å². The topological polar surface area (TPSA) is 73.0 Å². The van der Waals surface area contributed by atoms with Crippen molar-refractivity contribution in [2.75, 3.05) is 37.6 Å². The van der Waals surface area contributed by atoms with Crippen LogP contribution < -0.4 is 10.2 Å². The molecule has 0 bridgehead atoms. The highest BCUT2D eigenvalue weighted by Gasteiger charge is 2.56. The number of nitrogens with zero attached hydrogens (tertiary/aromatic N) is 3. The van der Waals surface area contributed by atoms with Crippen molar-refractivity contribution >= 4 is 35.1 Å². The lowest BCUT2D eigenvalue weighted by atomic mass is 9.96. The lowest BCUT2D eigenvalue weighted by Gasteiger charge is -2.36. The summed E-state index contributed by atoms with van der Waals surface area (Å²) < 4.78 is 0. The van der Waals surface area contributed by atoms with Gasteiger partial charge in [0.05, 0.1) is 0 Å². The molecule has 2 heterocycles. The van der Waals surface area contributed by atoms with Crippen molar-refractivity contribution in [2.24, 2.45) is 5.92 Å². The van der Waals surface area contributed by atoms with E-state index < -0.39 is 11.6 Å². The van der Waals surface area contributed by atoms with E-state index in [0.29, 0.717) is 31.2 Å². The molecule has 7 nitrogen and oxygen atoms in total. The Bertz CT molecular complexity index is 789. The average Bonchev–Trinajstić information content (AvgIpc) is 3.48. The van der Waals surface area contributed by atoms with Crippen molar-refractivity contribution in [3.8, 4) is 0 Å². The third-order valence-electron chi connectivity index (χ3n) is 5.79. The number of anilines is 1. The van der Waals surface area contributed by atoms with Gasteiger partial charge in [0.1, 0.15) is 12.1 Å². The van der Waals surface area contributed by atoms with E-state index in [4.69, 9.17) is 11.6 Å². The van der Waals surface area contributed by atoms with Gasteiger partial charge in [-0.2, -0.15) is 0 Å². The molecular weight excluding hydrogens is 368 g/mol. The number of piperazine rings is 1. The first-order chi connectivity index (χ1) is 12.9. The molecule has 4 rings (SSSR count). The van der Waals surface area contributed by atoms with Crippen LogP contribution in [0.3, 0.4) is 0 Å². The molecule has 1 N–H and O–H groups in total. The number of rotatable bonds is 4. The van der Waals surface area contributed by atoms with Crippen molar-refractivity contribution in [3.63, 3.8) is 0 Å². The van der Waals surface area contributed by atoms with Crippen molar-refractivity contribution in [1.29, 1.82) is 0 Å². The zero-order chi connectivity index (χ0) is 19.2. The van der Waals surface area contributed by atoms with Crippen LogP contribution in [0.5, 0.6) is 0 Å². The number of amides is 4. The highest BCUT2D eigenvalue weighted by molar-refractivity contribution is 6.30. The number of benzene rings is 1. The van der Waals surface area contributed by atoms with E-state index in [9.17, 15) is 14.4 Å². The minimum Gasteiger partial charge on any atom is -0.368 e. The Hall–Kier alpha value is -2.28. The Kier molecular flexibility index (Phi) is 4.50. The summed E-state index contributed by atoms with van der Waals surface area (Å²) >= 11 is 6.05. The van der Waals surface area contributed by atoms with E-state index in [0.717, 1.165) is 23.4 Å². The van der Waals surface area contributed by atoms with Gasteiger partial charge in [0.2, 0.25) is 5.91 Å². The molecule has 27 heavy (non-hydrogen) atoms. The van der Waals surface area contributed by atoms with Gasteiger partial charge in [-0.25, -0.2) is 4.79 Å². The van der Waals surface area contributed by atoms with E-state index in [-0.39, 0.29) is 24.3 Å². The first-order valence-electron chi connectivity index (χ1n) is 9.31. The molecule has 1 atom stereocenters. The van der Waals surface area contributed by atoms with Crippen LogP contribution in [0, 0.1) is 5.92 Å². The Morgan fingerprint density at radius 2 is 1.93 bits per heavy atom. The minimum atomic E-state index is -0.845. The number of hydrogen-bond acceptors (Lipinski definition) is 4. The van der Waals surface area contributed by atoms with E-state index >= 15 is 0 Å². The van der Waals surface area contributed by atoms with Crippen LogP contribution in [0.4, 0.5) is 10.5 Å². The molecule has 0 aromatic heterocycles. The van der Waals surface area contributed by atoms with Crippen LogP contribution >= 0.6 is 11.6 Å². The molecule has 144 valence electrons. The second-order valence-electron chi connectivity index (χ2n) is 7.65. The summed E-state index contributed by atoms with van der Waals surface area (Å²) in [6, 6.07) is 7.18. The number of carbonyl (C=O) groups excluding carboxylic acids is 3. The molecule has 0 spiro atoms. The van der Waals surface area contributed by atoms with E-state index in [1.54, 1.807) is 11.8 Å². The first-order valence-corrected chi connectivity index (χ1v) is 9.68. The van der Waals surface area contributed by atoms with Crippen LogP contribution in [0.2, 0.25) is 5.02 Å². The van der Waals surface area contributed by atoms with E-state index in [1.807, 2.05) is 24.3 Å². The molecular formula is C19H23ClN4O3. The van der Waals surface area contributed by atoms with Gasteiger partial charge in [-0.1, -0.05) is 17.7 Å². The molecule has 0 unspecified atom stereocenters. The fraction of sp³-hybridized carbons (Fsp3) is 0.526. The Morgan fingerprint density at radius 3 is 2.56 bits per heavy atom. The monoisotopic (exact) mass is 390 g/mol. The van der Waals surface area contributed by atoms with Gasteiger partial charge >= 0.3 is 6.03 Å². The molecule has 3 fully saturated rings. The third-order valence-corrected chi connectivity index (χ3v) is 6.03. The lowest BCUT2D eigenvalue weighted by molar-refractivity contribution is -0.139. The van der Waals surface area contributed by atoms with Crippen LogP contribution in [0.1, 0.15) is 19.8 Å². The largest absolute Gasteiger partial charge is 0.368 e. The number of carbonyl (C=O) groups is 3. The molecule has 2 saturated heterocycles. The fourth-order valence-electron chi connectivity index (χ4n) is 3.92. The number of hydrogen-bond donors (Lipinski definition) is 1.